The van der Waals surface area contributed by atoms with Crippen LogP contribution >= 0.6 is 23.2 Å². The number of imidazole rings is 1. The van der Waals surface area contributed by atoms with E-state index in [2.05, 4.69) is 15.3 Å². The Morgan fingerprint density at radius 3 is 2.71 bits per heavy atom. The minimum atomic E-state index is -0.204. The number of carbonyl (C=O) groups excluding carboxylic acids is 1. The number of amides is 1. The Balaban J connectivity index is 1.91. The third-order valence-electron chi connectivity index (χ3n) is 3.40. The van der Waals surface area contributed by atoms with E-state index in [0.717, 1.165) is 11.0 Å². The van der Waals surface area contributed by atoms with E-state index in [1.54, 1.807) is 30.3 Å². The number of benzene rings is 2. The summed E-state index contributed by atoms with van der Waals surface area (Å²) in [5, 5.41) is 3.82. The molecule has 0 atom stereocenters. The van der Waals surface area contributed by atoms with Gasteiger partial charge in [0, 0.05) is 12.3 Å². The van der Waals surface area contributed by atoms with Gasteiger partial charge in [0.25, 0.3) is 0 Å². The van der Waals surface area contributed by atoms with Gasteiger partial charge in [0.05, 0.1) is 26.6 Å². The normalized spacial score (nSPS) is 11.0. The number of aromatic amines is 1. The molecule has 1 heterocycles. The van der Waals surface area contributed by atoms with Gasteiger partial charge < -0.3 is 15.0 Å². The molecule has 0 saturated heterocycles. The van der Waals surface area contributed by atoms with Crippen molar-refractivity contribution in [2.45, 2.75) is 6.92 Å². The number of anilines is 1. The van der Waals surface area contributed by atoms with Gasteiger partial charge in [0.1, 0.15) is 12.4 Å². The number of aromatic nitrogens is 2. The van der Waals surface area contributed by atoms with Crippen molar-refractivity contribution in [2.75, 3.05) is 18.5 Å². The molecule has 1 amide bonds. The van der Waals surface area contributed by atoms with Crippen LogP contribution in [0.4, 0.5) is 5.69 Å². The first-order valence-electron chi connectivity index (χ1n) is 7.40. The van der Waals surface area contributed by atoms with Crippen molar-refractivity contribution in [1.82, 2.24) is 9.97 Å². The molecule has 0 unspecified atom stereocenters. The van der Waals surface area contributed by atoms with Crippen molar-refractivity contribution in [2.24, 2.45) is 0 Å². The van der Waals surface area contributed by atoms with Crippen molar-refractivity contribution in [3.8, 4) is 11.4 Å². The van der Waals surface area contributed by atoms with Gasteiger partial charge in [-0.05, 0) is 37.3 Å². The summed E-state index contributed by atoms with van der Waals surface area (Å²) in [4.78, 5) is 19.4. The molecule has 0 aliphatic heterocycles. The van der Waals surface area contributed by atoms with Crippen molar-refractivity contribution in [3.05, 3.63) is 46.4 Å². The summed E-state index contributed by atoms with van der Waals surface area (Å²) >= 11 is 12.4. The van der Waals surface area contributed by atoms with E-state index in [9.17, 15) is 4.79 Å². The van der Waals surface area contributed by atoms with Crippen LogP contribution in [0.1, 0.15) is 6.92 Å². The van der Waals surface area contributed by atoms with Crippen molar-refractivity contribution >= 4 is 45.8 Å². The molecular formula is C17H15Cl2N3O2. The Labute approximate surface area is 148 Å². The molecule has 0 saturated carbocycles. The quantitative estimate of drug-likeness (QED) is 0.700. The molecule has 124 valence electrons. The Hall–Kier alpha value is -2.08. The molecule has 0 fully saturated rings. The lowest BCUT2D eigenvalue weighted by Gasteiger charge is -2.04. The lowest BCUT2D eigenvalue weighted by atomic mass is 10.2. The average molecular weight is 364 g/mol. The van der Waals surface area contributed by atoms with Gasteiger partial charge in [-0.1, -0.05) is 29.3 Å². The maximum absolute atomic E-state index is 11.7. The number of nitrogens with zero attached hydrogens (tertiary/aromatic N) is 1. The zero-order valence-corrected chi connectivity index (χ0v) is 14.4. The molecule has 24 heavy (non-hydrogen) atoms. The fraction of sp³-hybridized carbons (Fsp3) is 0.176. The van der Waals surface area contributed by atoms with Crippen molar-refractivity contribution in [1.29, 1.82) is 0 Å². The SMILES string of the molecule is CCOCC(=O)Nc1ccc2nc(-c3c(Cl)cccc3Cl)[nH]c2c1. The molecule has 7 heteroatoms. The van der Waals surface area contributed by atoms with Crippen LogP contribution in [0.25, 0.3) is 22.4 Å². The van der Waals surface area contributed by atoms with Crippen LogP contribution < -0.4 is 5.32 Å². The summed E-state index contributed by atoms with van der Waals surface area (Å²) in [6.07, 6.45) is 0. The standard InChI is InChI=1S/C17H15Cl2N3O2/c1-2-24-9-15(23)20-10-6-7-13-14(8-10)22-17(21-13)16-11(18)4-3-5-12(16)19/h3-8H,2,9H2,1H3,(H,20,23)(H,21,22). The number of hydrogen-bond acceptors (Lipinski definition) is 3. The van der Waals surface area contributed by atoms with Crippen LogP contribution in [-0.4, -0.2) is 29.1 Å². The highest BCUT2D eigenvalue weighted by molar-refractivity contribution is 6.39. The molecule has 2 N–H and O–H groups in total. The van der Waals surface area contributed by atoms with Crippen molar-refractivity contribution < 1.29 is 9.53 Å². The number of halogens is 2. The third kappa shape index (κ3) is 3.53. The largest absolute Gasteiger partial charge is 0.372 e. The first-order valence-corrected chi connectivity index (χ1v) is 8.16. The fourth-order valence-electron chi connectivity index (χ4n) is 2.32. The van der Waals surface area contributed by atoms with Gasteiger partial charge in [0.15, 0.2) is 0 Å². The molecular weight excluding hydrogens is 349 g/mol. The zero-order valence-electron chi connectivity index (χ0n) is 12.9. The van der Waals surface area contributed by atoms with Crippen LogP contribution in [0.2, 0.25) is 10.0 Å². The lowest BCUT2D eigenvalue weighted by Crippen LogP contribution is -2.18. The third-order valence-corrected chi connectivity index (χ3v) is 4.03. The molecule has 0 aliphatic carbocycles. The molecule has 0 spiro atoms. The molecule has 3 aromatic rings. The van der Waals surface area contributed by atoms with E-state index in [1.165, 1.54) is 0 Å². The molecule has 0 radical (unpaired) electrons. The zero-order chi connectivity index (χ0) is 17.1. The van der Waals surface area contributed by atoms with Crippen LogP contribution in [0.3, 0.4) is 0 Å². The first-order chi connectivity index (χ1) is 11.6. The van der Waals surface area contributed by atoms with E-state index < -0.39 is 0 Å². The lowest BCUT2D eigenvalue weighted by molar-refractivity contribution is -0.120. The average Bonchev–Trinajstić information content (AvgIpc) is 2.95. The van der Waals surface area contributed by atoms with Crippen molar-refractivity contribution in [3.63, 3.8) is 0 Å². The summed E-state index contributed by atoms with van der Waals surface area (Å²) < 4.78 is 5.08. The van der Waals surface area contributed by atoms with Crippen LogP contribution in [0, 0.1) is 0 Å². The molecule has 3 rings (SSSR count). The predicted octanol–water partition coefficient (Wildman–Crippen LogP) is 4.51. The Morgan fingerprint density at radius 2 is 2.00 bits per heavy atom. The summed E-state index contributed by atoms with van der Waals surface area (Å²) in [5.74, 6) is 0.378. The van der Waals surface area contributed by atoms with Crippen LogP contribution in [0.5, 0.6) is 0 Å². The van der Waals surface area contributed by atoms with E-state index in [4.69, 9.17) is 27.9 Å². The summed E-state index contributed by atoms with van der Waals surface area (Å²) in [5.41, 5.74) is 2.84. The highest BCUT2D eigenvalue weighted by Gasteiger charge is 2.13. The molecule has 0 aliphatic rings. The fourth-order valence-corrected chi connectivity index (χ4v) is 2.90. The maximum Gasteiger partial charge on any atom is 0.250 e. The van der Waals surface area contributed by atoms with E-state index >= 15 is 0 Å². The number of ether oxygens (including phenoxy) is 1. The number of rotatable bonds is 5. The van der Waals surface area contributed by atoms with Gasteiger partial charge in [0.2, 0.25) is 5.91 Å². The van der Waals surface area contributed by atoms with Gasteiger partial charge in [-0.15, -0.1) is 0 Å². The molecule has 5 nitrogen and oxygen atoms in total. The summed E-state index contributed by atoms with van der Waals surface area (Å²) in [6.45, 7) is 2.36. The van der Waals surface area contributed by atoms with Gasteiger partial charge in [-0.2, -0.15) is 0 Å². The highest BCUT2D eigenvalue weighted by atomic mass is 35.5. The molecule has 1 aromatic heterocycles. The monoisotopic (exact) mass is 363 g/mol. The number of nitrogens with one attached hydrogen (secondary N) is 2. The summed E-state index contributed by atoms with van der Waals surface area (Å²) in [7, 11) is 0. The van der Waals surface area contributed by atoms with Crippen LogP contribution in [-0.2, 0) is 9.53 Å². The minimum Gasteiger partial charge on any atom is -0.372 e. The molecule has 0 bridgehead atoms. The van der Waals surface area contributed by atoms with Gasteiger partial charge in [-0.3, -0.25) is 4.79 Å². The second-order valence-electron chi connectivity index (χ2n) is 5.10. The van der Waals surface area contributed by atoms with E-state index in [1.807, 2.05) is 13.0 Å². The maximum atomic E-state index is 11.7. The van der Waals surface area contributed by atoms with Crippen LogP contribution in [0.15, 0.2) is 36.4 Å². The number of hydrogen-bond donors (Lipinski definition) is 2. The number of carbonyl (C=O) groups is 1. The number of H-pyrrole nitrogens is 1. The second-order valence-corrected chi connectivity index (χ2v) is 5.91. The Kier molecular flexibility index (Phi) is 5.04. The summed E-state index contributed by atoms with van der Waals surface area (Å²) in [6, 6.07) is 10.7. The van der Waals surface area contributed by atoms with Gasteiger partial charge >= 0.3 is 0 Å². The van der Waals surface area contributed by atoms with E-state index in [0.29, 0.717) is 33.7 Å². The molecule has 2 aromatic carbocycles. The first kappa shape index (κ1) is 16.8. The minimum absolute atomic E-state index is 0.0258. The van der Waals surface area contributed by atoms with E-state index in [-0.39, 0.29) is 12.5 Å². The second kappa shape index (κ2) is 7.21. The predicted molar refractivity (Wildman–Crippen MR) is 96.7 cm³/mol. The highest BCUT2D eigenvalue weighted by Crippen LogP contribution is 2.34. The smallest absolute Gasteiger partial charge is 0.250 e. The van der Waals surface area contributed by atoms with Gasteiger partial charge in [-0.25, -0.2) is 4.98 Å². The topological polar surface area (TPSA) is 67.0 Å². The Morgan fingerprint density at radius 1 is 1.25 bits per heavy atom. The Bertz CT molecular complexity index is 872. The number of fused-ring (bicyclic) bond motifs is 1.